The Kier molecular flexibility index (Phi) is 3.45. The fourth-order valence-corrected chi connectivity index (χ4v) is 4.44. The molecule has 2 atom stereocenters. The van der Waals surface area contributed by atoms with E-state index < -0.39 is 0 Å². The molecule has 2 saturated carbocycles. The number of likely N-dealkylation sites (tertiary alicyclic amines) is 1. The van der Waals surface area contributed by atoms with Gasteiger partial charge in [0, 0.05) is 25.2 Å². The highest BCUT2D eigenvalue weighted by atomic mass is 15.2. The SMILES string of the molecule is NC1CCCCC1N1CC2(CCCCCC2)C1. The summed E-state index contributed by atoms with van der Waals surface area (Å²) in [5.41, 5.74) is 7.01. The molecule has 3 fully saturated rings. The van der Waals surface area contributed by atoms with Crippen molar-refractivity contribution in [2.75, 3.05) is 13.1 Å². The van der Waals surface area contributed by atoms with E-state index >= 15 is 0 Å². The summed E-state index contributed by atoms with van der Waals surface area (Å²) in [6.45, 7) is 2.73. The second-order valence-electron chi connectivity index (χ2n) is 6.83. The molecular formula is C15H28N2. The van der Waals surface area contributed by atoms with Crippen LogP contribution >= 0.6 is 0 Å². The van der Waals surface area contributed by atoms with Crippen LogP contribution < -0.4 is 5.73 Å². The number of hydrogen-bond acceptors (Lipinski definition) is 2. The molecule has 0 aromatic rings. The first-order chi connectivity index (χ1) is 8.29. The topological polar surface area (TPSA) is 29.3 Å². The molecule has 0 amide bonds. The van der Waals surface area contributed by atoms with Gasteiger partial charge in [-0.25, -0.2) is 0 Å². The minimum atomic E-state index is 0.465. The van der Waals surface area contributed by atoms with Crippen molar-refractivity contribution in [2.24, 2.45) is 11.1 Å². The van der Waals surface area contributed by atoms with Crippen molar-refractivity contribution in [1.82, 2.24) is 4.90 Å². The minimum Gasteiger partial charge on any atom is -0.326 e. The predicted octanol–water partition coefficient (Wildman–Crippen LogP) is 2.91. The van der Waals surface area contributed by atoms with Gasteiger partial charge in [-0.1, -0.05) is 38.5 Å². The van der Waals surface area contributed by atoms with Gasteiger partial charge in [0.15, 0.2) is 0 Å². The Bertz CT molecular complexity index is 248. The van der Waals surface area contributed by atoms with Crippen LogP contribution in [0.5, 0.6) is 0 Å². The summed E-state index contributed by atoms with van der Waals surface area (Å²) in [6.07, 6.45) is 14.3. The van der Waals surface area contributed by atoms with Crippen LogP contribution in [0.3, 0.4) is 0 Å². The fourth-order valence-electron chi connectivity index (χ4n) is 4.44. The van der Waals surface area contributed by atoms with E-state index in [0.717, 1.165) is 6.04 Å². The maximum Gasteiger partial charge on any atom is 0.0247 e. The van der Waals surface area contributed by atoms with Crippen LogP contribution in [0.25, 0.3) is 0 Å². The molecule has 17 heavy (non-hydrogen) atoms. The Morgan fingerprint density at radius 1 is 0.824 bits per heavy atom. The second-order valence-corrected chi connectivity index (χ2v) is 6.83. The molecule has 2 heteroatoms. The van der Waals surface area contributed by atoms with Crippen LogP contribution in [0.2, 0.25) is 0 Å². The molecule has 3 aliphatic rings. The summed E-state index contributed by atoms with van der Waals surface area (Å²) in [4.78, 5) is 2.72. The van der Waals surface area contributed by atoms with E-state index in [-0.39, 0.29) is 0 Å². The first kappa shape index (κ1) is 12.0. The van der Waals surface area contributed by atoms with Crippen LogP contribution in [-0.2, 0) is 0 Å². The van der Waals surface area contributed by atoms with E-state index in [0.29, 0.717) is 11.5 Å². The molecule has 2 N–H and O–H groups in total. The minimum absolute atomic E-state index is 0.465. The highest BCUT2D eigenvalue weighted by molar-refractivity contribution is 5.01. The van der Waals surface area contributed by atoms with Crippen molar-refractivity contribution in [3.63, 3.8) is 0 Å². The predicted molar refractivity (Wildman–Crippen MR) is 71.9 cm³/mol. The van der Waals surface area contributed by atoms with Gasteiger partial charge in [-0.15, -0.1) is 0 Å². The van der Waals surface area contributed by atoms with Gasteiger partial charge in [0.05, 0.1) is 0 Å². The quantitative estimate of drug-likeness (QED) is 0.758. The molecule has 0 radical (unpaired) electrons. The van der Waals surface area contributed by atoms with E-state index in [1.54, 1.807) is 0 Å². The Hall–Kier alpha value is -0.0800. The molecule has 1 saturated heterocycles. The molecule has 2 aliphatic carbocycles. The van der Waals surface area contributed by atoms with E-state index in [9.17, 15) is 0 Å². The molecule has 2 nitrogen and oxygen atoms in total. The van der Waals surface area contributed by atoms with Gasteiger partial charge in [-0.05, 0) is 31.1 Å². The van der Waals surface area contributed by atoms with Crippen LogP contribution in [0.1, 0.15) is 64.2 Å². The van der Waals surface area contributed by atoms with Crippen molar-refractivity contribution in [3.05, 3.63) is 0 Å². The van der Waals surface area contributed by atoms with Crippen LogP contribution in [-0.4, -0.2) is 30.1 Å². The van der Waals surface area contributed by atoms with Gasteiger partial charge in [0.25, 0.3) is 0 Å². The maximum absolute atomic E-state index is 6.30. The molecule has 1 heterocycles. The molecule has 0 aromatic carbocycles. The van der Waals surface area contributed by atoms with Crippen LogP contribution in [0.4, 0.5) is 0 Å². The summed E-state index contributed by atoms with van der Waals surface area (Å²) < 4.78 is 0. The van der Waals surface area contributed by atoms with E-state index in [1.807, 2.05) is 0 Å². The largest absolute Gasteiger partial charge is 0.326 e. The lowest BCUT2D eigenvalue weighted by Crippen LogP contribution is -2.63. The summed E-state index contributed by atoms with van der Waals surface area (Å²) >= 11 is 0. The fraction of sp³-hybridized carbons (Fsp3) is 1.00. The van der Waals surface area contributed by atoms with Gasteiger partial charge in [-0.3, -0.25) is 4.90 Å². The molecule has 0 bridgehead atoms. The Morgan fingerprint density at radius 2 is 1.47 bits per heavy atom. The lowest BCUT2D eigenvalue weighted by atomic mass is 9.71. The highest BCUT2D eigenvalue weighted by Gasteiger charge is 2.46. The monoisotopic (exact) mass is 236 g/mol. The molecule has 2 unspecified atom stereocenters. The van der Waals surface area contributed by atoms with E-state index in [1.165, 1.54) is 77.3 Å². The highest BCUT2D eigenvalue weighted by Crippen LogP contribution is 2.44. The molecule has 3 rings (SSSR count). The van der Waals surface area contributed by atoms with Crippen LogP contribution in [0, 0.1) is 5.41 Å². The zero-order chi connectivity index (χ0) is 11.7. The average molecular weight is 236 g/mol. The van der Waals surface area contributed by atoms with Crippen molar-refractivity contribution < 1.29 is 0 Å². The van der Waals surface area contributed by atoms with E-state index in [2.05, 4.69) is 4.90 Å². The molecule has 1 spiro atoms. The number of rotatable bonds is 1. The second kappa shape index (κ2) is 4.89. The Morgan fingerprint density at radius 3 is 2.12 bits per heavy atom. The van der Waals surface area contributed by atoms with Crippen molar-refractivity contribution >= 4 is 0 Å². The van der Waals surface area contributed by atoms with Crippen molar-refractivity contribution in [1.29, 1.82) is 0 Å². The summed E-state index contributed by atoms with van der Waals surface area (Å²) in [5, 5.41) is 0. The number of nitrogens with two attached hydrogens (primary N) is 1. The number of hydrogen-bond donors (Lipinski definition) is 1. The lowest BCUT2D eigenvalue weighted by Gasteiger charge is -2.55. The zero-order valence-corrected chi connectivity index (χ0v) is 11.2. The third kappa shape index (κ3) is 2.39. The van der Waals surface area contributed by atoms with Crippen molar-refractivity contribution in [2.45, 2.75) is 76.3 Å². The van der Waals surface area contributed by atoms with E-state index in [4.69, 9.17) is 5.73 Å². The smallest absolute Gasteiger partial charge is 0.0247 e. The summed E-state index contributed by atoms with van der Waals surface area (Å²) in [5.74, 6) is 0. The summed E-state index contributed by atoms with van der Waals surface area (Å²) in [7, 11) is 0. The van der Waals surface area contributed by atoms with Gasteiger partial charge < -0.3 is 5.73 Å². The zero-order valence-electron chi connectivity index (χ0n) is 11.2. The first-order valence-corrected chi connectivity index (χ1v) is 7.79. The third-order valence-corrected chi connectivity index (χ3v) is 5.49. The maximum atomic E-state index is 6.30. The first-order valence-electron chi connectivity index (χ1n) is 7.79. The van der Waals surface area contributed by atoms with Crippen LogP contribution in [0.15, 0.2) is 0 Å². The van der Waals surface area contributed by atoms with Gasteiger partial charge in [-0.2, -0.15) is 0 Å². The normalized spacial score (nSPS) is 38.6. The standard InChI is InChI=1S/C15H28N2/c16-13-7-3-4-8-14(13)17-11-15(12-17)9-5-1-2-6-10-15/h13-14H,1-12,16H2. The summed E-state index contributed by atoms with van der Waals surface area (Å²) in [6, 6.07) is 1.18. The Labute approximate surface area is 106 Å². The van der Waals surface area contributed by atoms with Gasteiger partial charge in [0.2, 0.25) is 0 Å². The van der Waals surface area contributed by atoms with Gasteiger partial charge in [0.1, 0.15) is 0 Å². The van der Waals surface area contributed by atoms with Crippen molar-refractivity contribution in [3.8, 4) is 0 Å². The third-order valence-electron chi connectivity index (χ3n) is 5.49. The molecule has 0 aromatic heterocycles. The average Bonchev–Trinajstić information content (AvgIpc) is 2.53. The molecule has 1 aliphatic heterocycles. The molecule has 98 valence electrons. The lowest BCUT2D eigenvalue weighted by molar-refractivity contribution is -0.0555. The molecular weight excluding hydrogens is 208 g/mol. The van der Waals surface area contributed by atoms with Gasteiger partial charge >= 0.3 is 0 Å². The number of nitrogens with zero attached hydrogens (tertiary/aromatic N) is 1. The Balaban J connectivity index is 1.55.